The number of hydrogen-bond acceptors (Lipinski definition) is 3. The fraction of sp³-hybridized carbons (Fsp3) is 0.381. The molecule has 2 aliphatic rings. The molecular formula is C21H24N2O3S. The predicted molar refractivity (Wildman–Crippen MR) is 104 cm³/mol. The highest BCUT2D eigenvalue weighted by Gasteiger charge is 2.40. The summed E-state index contributed by atoms with van der Waals surface area (Å²) in [4.78, 5) is 13.0. The second-order valence-electron chi connectivity index (χ2n) is 7.39. The average Bonchev–Trinajstić information content (AvgIpc) is 3.21. The number of rotatable bonds is 5. The van der Waals surface area contributed by atoms with Crippen LogP contribution in [0.3, 0.4) is 0 Å². The molecule has 0 bridgehead atoms. The maximum atomic E-state index is 12.8. The summed E-state index contributed by atoms with van der Waals surface area (Å²) < 4.78 is 26.7. The summed E-state index contributed by atoms with van der Waals surface area (Å²) in [6.45, 7) is 1.15. The van der Waals surface area contributed by atoms with Crippen LogP contribution in [0.4, 0.5) is 0 Å². The molecule has 0 atom stereocenters. The van der Waals surface area contributed by atoms with Crippen LogP contribution in [0, 0.1) is 0 Å². The lowest BCUT2D eigenvalue weighted by Gasteiger charge is -2.43. The Morgan fingerprint density at radius 1 is 0.889 bits per heavy atom. The first kappa shape index (κ1) is 18.2. The van der Waals surface area contributed by atoms with Crippen molar-refractivity contribution in [3.05, 3.63) is 65.7 Å². The molecule has 0 unspecified atom stereocenters. The number of benzene rings is 2. The molecule has 142 valence electrons. The van der Waals surface area contributed by atoms with Gasteiger partial charge in [0.1, 0.15) is 0 Å². The molecule has 1 amide bonds. The van der Waals surface area contributed by atoms with Crippen molar-refractivity contribution in [3.8, 4) is 0 Å². The van der Waals surface area contributed by atoms with E-state index in [9.17, 15) is 13.2 Å². The fourth-order valence-electron chi connectivity index (χ4n) is 3.92. The zero-order valence-corrected chi connectivity index (χ0v) is 16.0. The van der Waals surface area contributed by atoms with E-state index in [1.807, 2.05) is 30.3 Å². The molecule has 1 saturated heterocycles. The summed E-state index contributed by atoms with van der Waals surface area (Å²) in [7, 11) is -3.45. The Labute approximate surface area is 160 Å². The normalized spacial score (nSPS) is 19.4. The molecule has 2 aromatic rings. The second kappa shape index (κ2) is 7.09. The number of nitrogens with one attached hydrogen (secondary N) is 1. The summed E-state index contributed by atoms with van der Waals surface area (Å²) in [6, 6.07) is 16.3. The molecule has 0 radical (unpaired) electrons. The lowest BCUT2D eigenvalue weighted by atomic mass is 9.71. The highest BCUT2D eigenvalue weighted by Crippen LogP contribution is 2.41. The van der Waals surface area contributed by atoms with E-state index in [-0.39, 0.29) is 16.3 Å². The Morgan fingerprint density at radius 2 is 1.52 bits per heavy atom. The van der Waals surface area contributed by atoms with Crippen molar-refractivity contribution in [2.45, 2.75) is 42.5 Å². The highest BCUT2D eigenvalue weighted by molar-refractivity contribution is 7.89. The number of hydrogen-bond donors (Lipinski definition) is 1. The van der Waals surface area contributed by atoms with Crippen molar-refractivity contribution in [3.63, 3.8) is 0 Å². The number of amides is 1. The average molecular weight is 385 g/mol. The number of carbonyl (C=O) groups excluding carboxylic acids is 1. The van der Waals surface area contributed by atoms with Gasteiger partial charge in [-0.15, -0.1) is 0 Å². The summed E-state index contributed by atoms with van der Waals surface area (Å²) in [6.07, 6.45) is 4.74. The van der Waals surface area contributed by atoms with E-state index in [0.29, 0.717) is 18.7 Å². The van der Waals surface area contributed by atoms with E-state index in [1.165, 1.54) is 4.31 Å². The molecule has 1 aliphatic heterocycles. The highest BCUT2D eigenvalue weighted by atomic mass is 32.2. The molecule has 0 spiro atoms. The van der Waals surface area contributed by atoms with Crippen molar-refractivity contribution in [1.29, 1.82) is 0 Å². The van der Waals surface area contributed by atoms with Crippen LogP contribution in [0.15, 0.2) is 59.5 Å². The summed E-state index contributed by atoms with van der Waals surface area (Å²) in [5, 5.41) is 3.18. The first-order chi connectivity index (χ1) is 13.0. The molecule has 2 fully saturated rings. The third-order valence-corrected chi connectivity index (χ3v) is 7.62. The Balaban J connectivity index is 1.51. The zero-order valence-electron chi connectivity index (χ0n) is 15.2. The Bertz CT molecular complexity index is 914. The molecule has 27 heavy (non-hydrogen) atoms. The van der Waals surface area contributed by atoms with Gasteiger partial charge in [0.25, 0.3) is 5.91 Å². The van der Waals surface area contributed by atoms with E-state index in [4.69, 9.17) is 0 Å². The first-order valence-electron chi connectivity index (χ1n) is 9.50. The van der Waals surface area contributed by atoms with E-state index >= 15 is 0 Å². The summed E-state index contributed by atoms with van der Waals surface area (Å²) >= 11 is 0. The number of nitrogens with zero attached hydrogens (tertiary/aromatic N) is 1. The quantitative estimate of drug-likeness (QED) is 0.860. The molecule has 1 N–H and O–H groups in total. The van der Waals surface area contributed by atoms with E-state index in [1.54, 1.807) is 24.3 Å². The van der Waals surface area contributed by atoms with E-state index in [2.05, 4.69) is 5.32 Å². The predicted octanol–water partition coefficient (Wildman–Crippen LogP) is 3.28. The van der Waals surface area contributed by atoms with Crippen molar-refractivity contribution in [1.82, 2.24) is 9.62 Å². The van der Waals surface area contributed by atoms with Gasteiger partial charge >= 0.3 is 0 Å². The monoisotopic (exact) mass is 384 g/mol. The minimum Gasteiger partial charge on any atom is -0.343 e. The third kappa shape index (κ3) is 3.39. The van der Waals surface area contributed by atoms with Crippen molar-refractivity contribution < 1.29 is 13.2 Å². The van der Waals surface area contributed by atoms with Crippen LogP contribution in [0.2, 0.25) is 0 Å². The van der Waals surface area contributed by atoms with Crippen LogP contribution >= 0.6 is 0 Å². The lowest BCUT2D eigenvalue weighted by Crippen LogP contribution is -2.50. The maximum absolute atomic E-state index is 12.8. The van der Waals surface area contributed by atoms with E-state index < -0.39 is 10.0 Å². The molecule has 2 aromatic carbocycles. The molecule has 1 saturated carbocycles. The minimum atomic E-state index is -3.45. The van der Waals surface area contributed by atoms with E-state index in [0.717, 1.165) is 37.7 Å². The molecule has 4 rings (SSSR count). The maximum Gasteiger partial charge on any atom is 0.251 e. The second-order valence-corrected chi connectivity index (χ2v) is 9.33. The Kier molecular flexibility index (Phi) is 4.78. The van der Waals surface area contributed by atoms with Gasteiger partial charge in [-0.05, 0) is 61.9 Å². The minimum absolute atomic E-state index is 0.163. The van der Waals surface area contributed by atoms with Gasteiger partial charge in [0, 0.05) is 18.7 Å². The summed E-state index contributed by atoms with van der Waals surface area (Å²) in [5.41, 5.74) is 1.30. The van der Waals surface area contributed by atoms with Gasteiger partial charge in [0.05, 0.1) is 10.4 Å². The molecule has 6 heteroatoms. The molecule has 1 aliphatic carbocycles. The van der Waals surface area contributed by atoms with Crippen LogP contribution in [-0.4, -0.2) is 31.7 Å². The standard InChI is InChI=1S/C21H24N2O3S/c24-20(22-21(13-6-14-21)18-7-2-1-3-8-18)17-9-11-19(12-10-17)27(25,26)23-15-4-5-16-23/h1-3,7-12H,4-6,13-16H2,(H,22,24). The van der Waals surface area contributed by atoms with Crippen molar-refractivity contribution in [2.24, 2.45) is 0 Å². The van der Waals surface area contributed by atoms with Crippen LogP contribution in [0.25, 0.3) is 0 Å². The van der Waals surface area contributed by atoms with Gasteiger partial charge in [0.2, 0.25) is 10.0 Å². The zero-order chi connectivity index (χ0) is 18.9. The molecule has 0 aromatic heterocycles. The van der Waals surface area contributed by atoms with Gasteiger partial charge in [-0.25, -0.2) is 8.42 Å². The van der Waals surface area contributed by atoms with Crippen LogP contribution in [0.1, 0.15) is 48.0 Å². The van der Waals surface area contributed by atoms with Gasteiger partial charge in [-0.3, -0.25) is 4.79 Å². The third-order valence-electron chi connectivity index (χ3n) is 5.71. The van der Waals surface area contributed by atoms with Crippen LogP contribution in [-0.2, 0) is 15.6 Å². The van der Waals surface area contributed by atoms with Gasteiger partial charge in [0.15, 0.2) is 0 Å². The lowest BCUT2D eigenvalue weighted by molar-refractivity contribution is 0.0823. The van der Waals surface area contributed by atoms with Gasteiger partial charge < -0.3 is 5.32 Å². The number of sulfonamides is 1. The summed E-state index contributed by atoms with van der Waals surface area (Å²) in [5.74, 6) is -0.163. The van der Waals surface area contributed by atoms with Crippen molar-refractivity contribution >= 4 is 15.9 Å². The first-order valence-corrected chi connectivity index (χ1v) is 10.9. The smallest absolute Gasteiger partial charge is 0.251 e. The largest absolute Gasteiger partial charge is 0.343 e. The van der Waals surface area contributed by atoms with Crippen LogP contribution < -0.4 is 5.32 Å². The topological polar surface area (TPSA) is 66.5 Å². The van der Waals surface area contributed by atoms with Crippen molar-refractivity contribution in [2.75, 3.05) is 13.1 Å². The fourth-order valence-corrected chi connectivity index (χ4v) is 5.44. The van der Waals surface area contributed by atoms with Crippen LogP contribution in [0.5, 0.6) is 0 Å². The SMILES string of the molecule is O=C(NC1(c2ccccc2)CCC1)c1ccc(S(=O)(=O)N2CCCC2)cc1. The number of carbonyl (C=O) groups is 1. The Hall–Kier alpha value is -2.18. The van der Waals surface area contributed by atoms with Gasteiger partial charge in [-0.2, -0.15) is 4.31 Å². The molecule has 5 nitrogen and oxygen atoms in total. The molecule has 1 heterocycles. The van der Waals surface area contributed by atoms with Gasteiger partial charge in [-0.1, -0.05) is 30.3 Å². The molecular weight excluding hydrogens is 360 g/mol. The Morgan fingerprint density at radius 3 is 2.07 bits per heavy atom.